The topological polar surface area (TPSA) is 43.8 Å². The minimum atomic E-state index is 0.510. The molecule has 1 aromatic rings. The van der Waals surface area contributed by atoms with Crippen LogP contribution >= 0.6 is 22.6 Å². The van der Waals surface area contributed by atoms with Gasteiger partial charge in [-0.25, -0.2) is 4.68 Å². The molecule has 0 radical (unpaired) electrons. The molecule has 0 aromatic carbocycles. The third-order valence-electron chi connectivity index (χ3n) is 4.32. The molecule has 2 N–H and O–H groups in total. The molecule has 1 saturated carbocycles. The molecule has 2 unspecified atom stereocenters. The molecule has 3 nitrogen and oxygen atoms in total. The Bertz CT molecular complexity index is 411. The first-order chi connectivity index (χ1) is 8.50. The Labute approximate surface area is 124 Å². The number of nitrogens with zero attached hydrogens (tertiary/aromatic N) is 2. The highest BCUT2D eigenvalue weighted by molar-refractivity contribution is 14.1. The van der Waals surface area contributed by atoms with E-state index in [0.717, 1.165) is 26.9 Å². The first-order valence-corrected chi connectivity index (χ1v) is 8.08. The van der Waals surface area contributed by atoms with Crippen LogP contribution in [0.3, 0.4) is 0 Å². The summed E-state index contributed by atoms with van der Waals surface area (Å²) in [5.41, 5.74) is 7.24. The summed E-state index contributed by atoms with van der Waals surface area (Å²) in [6.07, 6.45) is 6.44. The monoisotopic (exact) mass is 361 g/mol. The Balaban J connectivity index is 2.12. The highest BCUT2D eigenvalue weighted by atomic mass is 127. The summed E-state index contributed by atoms with van der Waals surface area (Å²) >= 11 is 2.30. The Morgan fingerprint density at radius 1 is 1.28 bits per heavy atom. The van der Waals surface area contributed by atoms with Crippen molar-refractivity contribution in [2.45, 2.75) is 58.9 Å². The van der Waals surface area contributed by atoms with E-state index in [1.165, 1.54) is 32.1 Å². The summed E-state index contributed by atoms with van der Waals surface area (Å²) in [5.74, 6) is 2.55. The zero-order valence-corrected chi connectivity index (χ0v) is 13.8. The predicted octanol–water partition coefficient (Wildman–Crippen LogP) is 4.16. The molecule has 1 aromatic heterocycles. The molecule has 2 rings (SSSR count). The average Bonchev–Trinajstić information content (AvgIpc) is 2.57. The van der Waals surface area contributed by atoms with Gasteiger partial charge in [-0.2, -0.15) is 5.10 Å². The molecule has 102 valence electrons. The number of hydrogen-bond acceptors (Lipinski definition) is 2. The van der Waals surface area contributed by atoms with Crippen molar-refractivity contribution in [2.24, 2.45) is 11.8 Å². The fourth-order valence-electron chi connectivity index (χ4n) is 3.05. The number of aromatic nitrogens is 2. The molecule has 0 saturated heterocycles. The van der Waals surface area contributed by atoms with Crippen LogP contribution < -0.4 is 5.73 Å². The third kappa shape index (κ3) is 2.83. The zero-order chi connectivity index (χ0) is 13.3. The van der Waals surface area contributed by atoms with Gasteiger partial charge < -0.3 is 5.73 Å². The van der Waals surface area contributed by atoms with Gasteiger partial charge in [-0.15, -0.1) is 0 Å². The zero-order valence-electron chi connectivity index (χ0n) is 11.6. The van der Waals surface area contributed by atoms with Crippen molar-refractivity contribution in [3.63, 3.8) is 0 Å². The van der Waals surface area contributed by atoms with Crippen LogP contribution in [0.25, 0.3) is 0 Å². The normalized spacial score (nSPS) is 25.4. The van der Waals surface area contributed by atoms with Crippen LogP contribution in [0, 0.1) is 22.3 Å². The average molecular weight is 361 g/mol. The predicted molar refractivity (Wildman–Crippen MR) is 84.5 cm³/mol. The Kier molecular flexibility index (Phi) is 4.56. The number of anilines is 1. The van der Waals surface area contributed by atoms with Crippen LogP contribution in [0.2, 0.25) is 0 Å². The van der Waals surface area contributed by atoms with E-state index in [9.17, 15) is 0 Å². The maximum Gasteiger partial charge on any atom is 0.135 e. The molecule has 2 atom stereocenters. The fraction of sp³-hybridized carbons (Fsp3) is 0.786. The molecular formula is C14H24IN3. The van der Waals surface area contributed by atoms with E-state index in [1.54, 1.807) is 0 Å². The van der Waals surface area contributed by atoms with Crippen molar-refractivity contribution < 1.29 is 0 Å². The Hall–Kier alpha value is -0.260. The van der Waals surface area contributed by atoms with E-state index in [4.69, 9.17) is 5.73 Å². The second kappa shape index (κ2) is 5.80. The van der Waals surface area contributed by atoms with Crippen LogP contribution in [0.15, 0.2) is 0 Å². The van der Waals surface area contributed by atoms with Gasteiger partial charge >= 0.3 is 0 Å². The fourth-order valence-corrected chi connectivity index (χ4v) is 3.40. The van der Waals surface area contributed by atoms with Crippen LogP contribution in [0.1, 0.15) is 57.7 Å². The Morgan fingerprint density at radius 2 is 2.00 bits per heavy atom. The van der Waals surface area contributed by atoms with Gasteiger partial charge in [0.05, 0.1) is 15.3 Å². The number of aryl methyl sites for hydroxylation is 1. The van der Waals surface area contributed by atoms with Gasteiger partial charge in [0.25, 0.3) is 0 Å². The number of rotatable bonds is 2. The summed E-state index contributed by atoms with van der Waals surface area (Å²) < 4.78 is 3.21. The van der Waals surface area contributed by atoms with E-state index in [0.29, 0.717) is 6.04 Å². The number of nitrogens with two attached hydrogens (primary N) is 1. The van der Waals surface area contributed by atoms with E-state index in [1.807, 2.05) is 6.92 Å². The SMILES string of the molecule is Cc1nn(C2CCCC(C(C)C)CC2)c(N)c1I. The summed E-state index contributed by atoms with van der Waals surface area (Å²) in [6.45, 7) is 6.74. The van der Waals surface area contributed by atoms with Crippen molar-refractivity contribution in [2.75, 3.05) is 5.73 Å². The molecule has 0 bridgehead atoms. The lowest BCUT2D eigenvalue weighted by Gasteiger charge is -2.19. The first-order valence-electron chi connectivity index (χ1n) is 7.00. The van der Waals surface area contributed by atoms with Crippen molar-refractivity contribution in [3.8, 4) is 0 Å². The van der Waals surface area contributed by atoms with Gasteiger partial charge in [0.1, 0.15) is 5.82 Å². The molecule has 0 spiro atoms. The third-order valence-corrected chi connectivity index (χ3v) is 5.65. The van der Waals surface area contributed by atoms with E-state index in [-0.39, 0.29) is 0 Å². The molecule has 18 heavy (non-hydrogen) atoms. The molecule has 4 heteroatoms. The van der Waals surface area contributed by atoms with Crippen molar-refractivity contribution in [1.82, 2.24) is 9.78 Å². The molecule has 0 amide bonds. The summed E-state index contributed by atoms with van der Waals surface area (Å²) in [4.78, 5) is 0. The van der Waals surface area contributed by atoms with Crippen LogP contribution in [-0.4, -0.2) is 9.78 Å². The summed E-state index contributed by atoms with van der Waals surface area (Å²) in [6, 6.07) is 0.510. The first kappa shape index (κ1) is 14.2. The summed E-state index contributed by atoms with van der Waals surface area (Å²) in [7, 11) is 0. The second-order valence-corrected chi connectivity index (χ2v) is 6.97. The van der Waals surface area contributed by atoms with E-state index >= 15 is 0 Å². The lowest BCUT2D eigenvalue weighted by atomic mass is 9.89. The maximum absolute atomic E-state index is 6.17. The number of halogens is 1. The standard InChI is InChI=1S/C14H24IN3/c1-9(2)11-5-4-6-12(8-7-11)18-14(16)13(15)10(3)17-18/h9,11-12H,4-8,16H2,1-3H3. The largest absolute Gasteiger partial charge is 0.383 e. The molecule has 1 fully saturated rings. The van der Waals surface area contributed by atoms with Gasteiger partial charge in [0, 0.05) is 0 Å². The lowest BCUT2D eigenvalue weighted by Crippen LogP contribution is -2.13. The van der Waals surface area contributed by atoms with Crippen LogP contribution in [0.5, 0.6) is 0 Å². The van der Waals surface area contributed by atoms with Crippen molar-refractivity contribution >= 4 is 28.4 Å². The number of hydrogen-bond donors (Lipinski definition) is 1. The molecule has 1 aliphatic carbocycles. The van der Waals surface area contributed by atoms with Crippen molar-refractivity contribution in [3.05, 3.63) is 9.26 Å². The van der Waals surface area contributed by atoms with Gasteiger partial charge in [-0.3, -0.25) is 0 Å². The van der Waals surface area contributed by atoms with Gasteiger partial charge in [0.2, 0.25) is 0 Å². The van der Waals surface area contributed by atoms with Crippen molar-refractivity contribution in [1.29, 1.82) is 0 Å². The minimum absolute atomic E-state index is 0.510. The van der Waals surface area contributed by atoms with Crippen LogP contribution in [0.4, 0.5) is 5.82 Å². The summed E-state index contributed by atoms with van der Waals surface area (Å²) in [5, 5.41) is 4.63. The van der Waals surface area contributed by atoms with Gasteiger partial charge in [-0.05, 0) is 60.6 Å². The molecule has 1 heterocycles. The number of nitrogen functional groups attached to an aromatic ring is 1. The molecule has 1 aliphatic rings. The van der Waals surface area contributed by atoms with E-state index < -0.39 is 0 Å². The molecular weight excluding hydrogens is 337 g/mol. The lowest BCUT2D eigenvalue weighted by molar-refractivity contribution is 0.332. The highest BCUT2D eigenvalue weighted by Gasteiger charge is 2.24. The second-order valence-electron chi connectivity index (χ2n) is 5.90. The quantitative estimate of drug-likeness (QED) is 0.635. The maximum atomic E-state index is 6.17. The van der Waals surface area contributed by atoms with E-state index in [2.05, 4.69) is 46.2 Å². The minimum Gasteiger partial charge on any atom is -0.383 e. The highest BCUT2D eigenvalue weighted by Crippen LogP contribution is 2.35. The Morgan fingerprint density at radius 3 is 2.56 bits per heavy atom. The van der Waals surface area contributed by atoms with Crippen LogP contribution in [-0.2, 0) is 0 Å². The van der Waals surface area contributed by atoms with Gasteiger partial charge in [0.15, 0.2) is 0 Å². The smallest absolute Gasteiger partial charge is 0.135 e. The van der Waals surface area contributed by atoms with Gasteiger partial charge in [-0.1, -0.05) is 26.7 Å². The molecule has 0 aliphatic heterocycles.